The van der Waals surface area contributed by atoms with Crippen molar-refractivity contribution in [2.24, 2.45) is 0 Å². The van der Waals surface area contributed by atoms with E-state index in [2.05, 4.69) is 14.1 Å². The van der Waals surface area contributed by atoms with Gasteiger partial charge in [-0.1, -0.05) is 0 Å². The van der Waals surface area contributed by atoms with Crippen molar-refractivity contribution in [2.45, 2.75) is 6.18 Å². The number of hydrogen-bond acceptors (Lipinski definition) is 6. The average molecular weight is 304 g/mol. The summed E-state index contributed by atoms with van der Waals surface area (Å²) in [6.07, 6.45) is -4.60. The third kappa shape index (κ3) is 3.23. The lowest BCUT2D eigenvalue weighted by molar-refractivity contribution is -0.144. The van der Waals surface area contributed by atoms with Gasteiger partial charge in [-0.3, -0.25) is 0 Å². The van der Waals surface area contributed by atoms with Crippen LogP contribution >= 0.6 is 11.5 Å². The summed E-state index contributed by atoms with van der Waals surface area (Å²) in [5, 5.41) is -0.233. The molecule has 0 amide bonds. The van der Waals surface area contributed by atoms with Crippen LogP contribution in [0.2, 0.25) is 0 Å². The van der Waals surface area contributed by atoms with Gasteiger partial charge in [0.15, 0.2) is 0 Å². The van der Waals surface area contributed by atoms with Gasteiger partial charge in [0, 0.05) is 11.5 Å². The molecule has 0 aliphatic rings. The molecule has 20 heavy (non-hydrogen) atoms. The van der Waals surface area contributed by atoms with Gasteiger partial charge in [0.25, 0.3) is 11.0 Å². The minimum absolute atomic E-state index is 0.233. The minimum atomic E-state index is -4.60. The zero-order chi connectivity index (χ0) is 14.8. The van der Waals surface area contributed by atoms with Crippen molar-refractivity contribution in [1.82, 2.24) is 9.36 Å². The molecule has 0 N–H and O–H groups in total. The van der Waals surface area contributed by atoms with E-state index in [4.69, 9.17) is 4.74 Å². The largest absolute Gasteiger partial charge is 0.465 e. The van der Waals surface area contributed by atoms with Crippen LogP contribution in [0.1, 0.15) is 16.2 Å². The van der Waals surface area contributed by atoms with Crippen LogP contribution in [0.5, 0.6) is 10.9 Å². The van der Waals surface area contributed by atoms with Gasteiger partial charge in [0.2, 0.25) is 0 Å². The number of carbonyl (C=O) groups excluding carboxylic acids is 1. The first-order chi connectivity index (χ1) is 9.40. The number of alkyl halides is 3. The molecule has 1 heterocycles. The smallest absolute Gasteiger partial charge is 0.452 e. The molecule has 0 aliphatic heterocycles. The van der Waals surface area contributed by atoms with Gasteiger partial charge < -0.3 is 9.47 Å². The van der Waals surface area contributed by atoms with Crippen LogP contribution in [0, 0.1) is 0 Å². The van der Waals surface area contributed by atoms with Crippen molar-refractivity contribution in [3.63, 3.8) is 0 Å². The molecule has 0 aliphatic carbocycles. The Balaban J connectivity index is 2.10. The third-order valence-corrected chi connectivity index (χ3v) is 2.74. The Morgan fingerprint density at radius 2 is 1.90 bits per heavy atom. The summed E-state index contributed by atoms with van der Waals surface area (Å²) < 4.78 is 49.7. The van der Waals surface area contributed by atoms with E-state index in [0.29, 0.717) is 17.1 Å². The van der Waals surface area contributed by atoms with Crippen molar-refractivity contribution in [1.29, 1.82) is 0 Å². The highest BCUT2D eigenvalue weighted by molar-refractivity contribution is 7.07. The molecule has 0 unspecified atom stereocenters. The Labute approximate surface area is 115 Å². The van der Waals surface area contributed by atoms with E-state index in [9.17, 15) is 18.0 Å². The summed E-state index contributed by atoms with van der Waals surface area (Å²) in [5.74, 6) is -1.53. The first-order valence-electron chi connectivity index (χ1n) is 5.17. The molecule has 1 aromatic heterocycles. The lowest BCUT2D eigenvalue weighted by Gasteiger charge is -2.02. The lowest BCUT2D eigenvalue weighted by Crippen LogP contribution is -2.06. The molecular formula is C11H7F3N2O3S. The second kappa shape index (κ2) is 5.45. The minimum Gasteiger partial charge on any atom is -0.465 e. The lowest BCUT2D eigenvalue weighted by atomic mass is 10.2. The van der Waals surface area contributed by atoms with Crippen LogP contribution in [0.25, 0.3) is 0 Å². The van der Waals surface area contributed by atoms with Crippen LogP contribution in [0.3, 0.4) is 0 Å². The molecule has 0 saturated carbocycles. The van der Waals surface area contributed by atoms with Crippen molar-refractivity contribution >= 4 is 17.5 Å². The van der Waals surface area contributed by atoms with Crippen LogP contribution in [0.15, 0.2) is 24.3 Å². The quantitative estimate of drug-likeness (QED) is 0.815. The van der Waals surface area contributed by atoms with E-state index in [0.717, 1.165) is 0 Å². The number of aromatic nitrogens is 2. The fourth-order valence-electron chi connectivity index (χ4n) is 1.24. The Bertz CT molecular complexity index is 610. The molecule has 0 fully saturated rings. The van der Waals surface area contributed by atoms with E-state index in [1.165, 1.54) is 31.4 Å². The predicted octanol–water partition coefficient (Wildman–Crippen LogP) is 3.14. The highest BCUT2D eigenvalue weighted by Crippen LogP contribution is 2.31. The maximum atomic E-state index is 12.3. The summed E-state index contributed by atoms with van der Waals surface area (Å²) in [4.78, 5) is 14.4. The summed E-state index contributed by atoms with van der Waals surface area (Å²) in [5.41, 5.74) is 0.299. The molecule has 0 saturated heterocycles. The molecule has 5 nitrogen and oxygen atoms in total. The fourth-order valence-corrected chi connectivity index (χ4v) is 1.81. The number of halogens is 3. The van der Waals surface area contributed by atoms with Gasteiger partial charge in [-0.05, 0) is 24.3 Å². The Morgan fingerprint density at radius 1 is 1.25 bits per heavy atom. The van der Waals surface area contributed by atoms with Crippen LogP contribution in [0.4, 0.5) is 13.2 Å². The first-order valence-corrected chi connectivity index (χ1v) is 5.94. The topological polar surface area (TPSA) is 61.3 Å². The van der Waals surface area contributed by atoms with Crippen molar-refractivity contribution < 1.29 is 27.4 Å². The van der Waals surface area contributed by atoms with Gasteiger partial charge in [-0.15, -0.1) is 0 Å². The van der Waals surface area contributed by atoms with Crippen LogP contribution in [-0.4, -0.2) is 22.4 Å². The molecular weight excluding hydrogens is 297 g/mol. The predicted molar refractivity (Wildman–Crippen MR) is 62.8 cm³/mol. The van der Waals surface area contributed by atoms with Gasteiger partial charge in [0.05, 0.1) is 12.7 Å². The Hall–Kier alpha value is -2.16. The average Bonchev–Trinajstić information content (AvgIpc) is 2.87. The second-order valence-electron chi connectivity index (χ2n) is 3.50. The van der Waals surface area contributed by atoms with E-state index in [1.807, 2.05) is 0 Å². The number of rotatable bonds is 3. The molecule has 9 heteroatoms. The summed E-state index contributed by atoms with van der Waals surface area (Å²) in [6, 6.07) is 5.68. The maximum Gasteiger partial charge on any atom is 0.452 e. The molecule has 0 radical (unpaired) electrons. The molecule has 0 atom stereocenters. The molecule has 2 rings (SSSR count). The number of hydrogen-bond donors (Lipinski definition) is 0. The van der Waals surface area contributed by atoms with Crippen molar-refractivity contribution in [3.05, 3.63) is 35.7 Å². The van der Waals surface area contributed by atoms with Gasteiger partial charge >= 0.3 is 12.1 Å². The van der Waals surface area contributed by atoms with E-state index in [-0.39, 0.29) is 10.9 Å². The third-order valence-electron chi connectivity index (χ3n) is 2.14. The number of esters is 1. The van der Waals surface area contributed by atoms with Crippen molar-refractivity contribution in [3.8, 4) is 10.9 Å². The normalized spacial score (nSPS) is 11.2. The summed E-state index contributed by atoms with van der Waals surface area (Å²) in [6.45, 7) is 0. The van der Waals surface area contributed by atoms with Crippen LogP contribution in [-0.2, 0) is 10.9 Å². The van der Waals surface area contributed by atoms with E-state index in [1.54, 1.807) is 0 Å². The monoisotopic (exact) mass is 304 g/mol. The summed E-state index contributed by atoms with van der Waals surface area (Å²) >= 11 is 0.491. The van der Waals surface area contributed by atoms with Gasteiger partial charge in [0.1, 0.15) is 5.75 Å². The van der Waals surface area contributed by atoms with Gasteiger partial charge in [-0.25, -0.2) is 4.79 Å². The highest BCUT2D eigenvalue weighted by Gasteiger charge is 2.36. The number of ether oxygens (including phenoxy) is 2. The number of carbonyl (C=O) groups is 1. The maximum absolute atomic E-state index is 12.3. The Morgan fingerprint density at radius 3 is 2.40 bits per heavy atom. The number of methoxy groups -OCH3 is 1. The molecule has 0 bridgehead atoms. The highest BCUT2D eigenvalue weighted by atomic mass is 32.1. The van der Waals surface area contributed by atoms with E-state index < -0.39 is 18.0 Å². The van der Waals surface area contributed by atoms with Crippen LogP contribution < -0.4 is 4.74 Å². The van der Waals surface area contributed by atoms with Gasteiger partial charge in [-0.2, -0.15) is 22.5 Å². The SMILES string of the molecule is COC(=O)c1ccc(Oc2nc(C(F)(F)F)ns2)cc1. The zero-order valence-corrected chi connectivity index (χ0v) is 10.8. The molecule has 106 valence electrons. The fraction of sp³-hybridized carbons (Fsp3) is 0.182. The Kier molecular flexibility index (Phi) is 3.89. The zero-order valence-electron chi connectivity index (χ0n) is 9.97. The molecule has 2 aromatic rings. The molecule has 1 aromatic carbocycles. The standard InChI is InChI=1S/C11H7F3N2O3S/c1-18-8(17)6-2-4-7(5-3-6)19-10-15-9(16-20-10)11(12,13)14/h2-5H,1H3. The first kappa shape index (κ1) is 14.3. The number of benzene rings is 1. The van der Waals surface area contributed by atoms with Crippen molar-refractivity contribution in [2.75, 3.05) is 7.11 Å². The second-order valence-corrected chi connectivity index (χ2v) is 4.21. The summed E-state index contributed by atoms with van der Waals surface area (Å²) in [7, 11) is 1.24. The number of nitrogens with zero attached hydrogens (tertiary/aromatic N) is 2. The molecule has 0 spiro atoms. The van der Waals surface area contributed by atoms with E-state index >= 15 is 0 Å².